The zero-order valence-corrected chi connectivity index (χ0v) is 15.7. The third kappa shape index (κ3) is 3.98. The Labute approximate surface area is 156 Å². The molecule has 25 heavy (non-hydrogen) atoms. The van der Waals surface area contributed by atoms with Crippen LogP contribution in [0.5, 0.6) is 11.5 Å². The van der Waals surface area contributed by atoms with Gasteiger partial charge in [0.1, 0.15) is 23.0 Å². The lowest BCUT2D eigenvalue weighted by atomic mass is 10.1. The number of benzene rings is 2. The van der Waals surface area contributed by atoms with Gasteiger partial charge in [-0.15, -0.1) is 0 Å². The Morgan fingerprint density at radius 1 is 1.08 bits per heavy atom. The molecule has 0 saturated carbocycles. The van der Waals surface area contributed by atoms with E-state index in [1.54, 1.807) is 18.2 Å². The number of oxazole rings is 1. The number of rotatable bonds is 5. The van der Waals surface area contributed by atoms with Crippen LogP contribution in [0.15, 0.2) is 40.8 Å². The molecule has 0 saturated heterocycles. The second kappa shape index (κ2) is 7.48. The van der Waals surface area contributed by atoms with E-state index in [1.807, 2.05) is 39.1 Å². The summed E-state index contributed by atoms with van der Waals surface area (Å²) in [7, 11) is 1.89. The Bertz CT molecular complexity index is 906. The molecule has 130 valence electrons. The van der Waals surface area contributed by atoms with Crippen LogP contribution in [0.1, 0.15) is 17.2 Å². The van der Waals surface area contributed by atoms with Crippen LogP contribution in [0, 0.1) is 13.8 Å². The summed E-state index contributed by atoms with van der Waals surface area (Å²) in [6, 6.07) is 11.1. The molecule has 0 spiro atoms. The molecule has 1 heterocycles. The molecule has 1 N–H and O–H groups in total. The van der Waals surface area contributed by atoms with Crippen molar-refractivity contribution in [1.29, 1.82) is 0 Å². The van der Waals surface area contributed by atoms with Crippen molar-refractivity contribution in [2.45, 2.75) is 20.4 Å². The maximum atomic E-state index is 6.06. The van der Waals surface area contributed by atoms with Crippen LogP contribution in [0.3, 0.4) is 0 Å². The number of hydrogen-bond donors (Lipinski definition) is 1. The van der Waals surface area contributed by atoms with Crippen molar-refractivity contribution < 1.29 is 9.15 Å². The fourth-order valence-corrected chi connectivity index (χ4v) is 2.91. The summed E-state index contributed by atoms with van der Waals surface area (Å²) in [5.74, 6) is 2.83. The Hall–Kier alpha value is -2.01. The summed E-state index contributed by atoms with van der Waals surface area (Å²) in [6.45, 7) is 4.40. The highest BCUT2D eigenvalue weighted by atomic mass is 35.5. The fourth-order valence-electron chi connectivity index (χ4n) is 2.62. The van der Waals surface area contributed by atoms with Crippen LogP contribution in [-0.2, 0) is 6.54 Å². The second-order valence-electron chi connectivity index (χ2n) is 5.67. The molecule has 0 radical (unpaired) electrons. The Balaban J connectivity index is 1.96. The molecule has 0 aliphatic heterocycles. The summed E-state index contributed by atoms with van der Waals surface area (Å²) in [5.41, 5.74) is 2.84. The number of nitrogens with zero attached hydrogens (tertiary/aromatic N) is 1. The second-order valence-corrected chi connectivity index (χ2v) is 6.48. The van der Waals surface area contributed by atoms with Crippen molar-refractivity contribution in [3.63, 3.8) is 0 Å². The highest BCUT2D eigenvalue weighted by molar-refractivity contribution is 6.42. The largest absolute Gasteiger partial charge is 0.457 e. The summed E-state index contributed by atoms with van der Waals surface area (Å²) >= 11 is 12.0. The molecular formula is C19H18Cl2N2O2. The van der Waals surface area contributed by atoms with Gasteiger partial charge < -0.3 is 14.5 Å². The van der Waals surface area contributed by atoms with Gasteiger partial charge in [0, 0.05) is 30.7 Å². The normalized spacial score (nSPS) is 10.9. The first-order valence-electron chi connectivity index (χ1n) is 7.82. The molecule has 0 fully saturated rings. The topological polar surface area (TPSA) is 47.3 Å². The van der Waals surface area contributed by atoms with Gasteiger partial charge in [-0.3, -0.25) is 0 Å². The first kappa shape index (κ1) is 17.8. The van der Waals surface area contributed by atoms with Gasteiger partial charge in [-0.2, -0.15) is 0 Å². The molecule has 0 atom stereocenters. The number of halogens is 2. The minimum absolute atomic E-state index is 0.458. The number of ether oxygens (including phenoxy) is 1. The molecule has 0 aliphatic carbocycles. The molecular weight excluding hydrogens is 359 g/mol. The molecule has 6 heteroatoms. The average Bonchev–Trinajstić information content (AvgIpc) is 2.91. The Kier molecular flexibility index (Phi) is 5.33. The molecule has 2 aromatic carbocycles. The van der Waals surface area contributed by atoms with Gasteiger partial charge in [0.25, 0.3) is 0 Å². The number of nitrogens with one attached hydrogen (secondary N) is 1. The number of hydrogen-bond acceptors (Lipinski definition) is 4. The van der Waals surface area contributed by atoms with Crippen molar-refractivity contribution in [2.75, 3.05) is 7.05 Å². The molecule has 0 aliphatic rings. The zero-order valence-electron chi connectivity index (χ0n) is 14.2. The molecule has 0 amide bonds. The molecule has 3 rings (SSSR count). The van der Waals surface area contributed by atoms with Gasteiger partial charge in [0.2, 0.25) is 0 Å². The van der Waals surface area contributed by atoms with E-state index in [2.05, 4.69) is 10.3 Å². The third-order valence-electron chi connectivity index (χ3n) is 3.72. The summed E-state index contributed by atoms with van der Waals surface area (Å²) in [4.78, 5) is 4.46. The maximum absolute atomic E-state index is 6.06. The highest BCUT2D eigenvalue weighted by Crippen LogP contribution is 2.33. The lowest BCUT2D eigenvalue weighted by Crippen LogP contribution is -2.06. The van der Waals surface area contributed by atoms with Gasteiger partial charge in [-0.05, 0) is 44.3 Å². The minimum Gasteiger partial charge on any atom is -0.457 e. The van der Waals surface area contributed by atoms with E-state index in [0.29, 0.717) is 28.2 Å². The van der Waals surface area contributed by atoms with Crippen molar-refractivity contribution in [2.24, 2.45) is 0 Å². The summed E-state index contributed by atoms with van der Waals surface area (Å²) in [5, 5.41) is 4.11. The average molecular weight is 377 g/mol. The van der Waals surface area contributed by atoms with Crippen LogP contribution in [0.2, 0.25) is 10.0 Å². The monoisotopic (exact) mass is 376 g/mol. The predicted octanol–water partition coefficient (Wildman–Crippen LogP) is 5.78. The van der Waals surface area contributed by atoms with Crippen molar-refractivity contribution in [3.8, 4) is 22.8 Å². The van der Waals surface area contributed by atoms with E-state index < -0.39 is 0 Å². The smallest absolute Gasteiger partial charge is 0.191 e. The molecule has 0 bridgehead atoms. The van der Waals surface area contributed by atoms with Crippen molar-refractivity contribution in [3.05, 3.63) is 63.7 Å². The van der Waals surface area contributed by atoms with E-state index in [1.165, 1.54) is 0 Å². The van der Waals surface area contributed by atoms with Crippen LogP contribution in [-0.4, -0.2) is 12.0 Å². The lowest BCUT2D eigenvalue weighted by molar-refractivity contribution is 0.474. The molecule has 3 aromatic rings. The van der Waals surface area contributed by atoms with E-state index >= 15 is 0 Å². The Morgan fingerprint density at radius 2 is 1.88 bits per heavy atom. The van der Waals surface area contributed by atoms with E-state index in [0.717, 1.165) is 28.3 Å². The Morgan fingerprint density at radius 3 is 2.52 bits per heavy atom. The van der Waals surface area contributed by atoms with Gasteiger partial charge in [-0.25, -0.2) is 4.98 Å². The summed E-state index contributed by atoms with van der Waals surface area (Å²) in [6.07, 6.45) is 0. The first-order valence-corrected chi connectivity index (χ1v) is 8.58. The van der Waals surface area contributed by atoms with Gasteiger partial charge >= 0.3 is 0 Å². The zero-order chi connectivity index (χ0) is 18.0. The molecule has 1 aromatic heterocycles. The quantitative estimate of drug-likeness (QED) is 0.613. The predicted molar refractivity (Wildman–Crippen MR) is 101 cm³/mol. The van der Waals surface area contributed by atoms with Gasteiger partial charge in [0.15, 0.2) is 5.89 Å². The van der Waals surface area contributed by atoms with Crippen molar-refractivity contribution >= 4 is 23.2 Å². The maximum Gasteiger partial charge on any atom is 0.191 e. The third-order valence-corrected chi connectivity index (χ3v) is 4.46. The van der Waals surface area contributed by atoms with Crippen LogP contribution < -0.4 is 10.1 Å². The minimum atomic E-state index is 0.458. The van der Waals surface area contributed by atoms with E-state index in [4.69, 9.17) is 32.4 Å². The van der Waals surface area contributed by atoms with Crippen LogP contribution in [0.4, 0.5) is 0 Å². The summed E-state index contributed by atoms with van der Waals surface area (Å²) < 4.78 is 11.5. The number of aryl methyl sites for hydroxylation is 2. The van der Waals surface area contributed by atoms with Crippen molar-refractivity contribution in [1.82, 2.24) is 10.3 Å². The van der Waals surface area contributed by atoms with Crippen LogP contribution in [0.25, 0.3) is 11.3 Å². The van der Waals surface area contributed by atoms with Crippen LogP contribution >= 0.6 is 23.2 Å². The van der Waals surface area contributed by atoms with E-state index in [-0.39, 0.29) is 0 Å². The number of aromatic nitrogens is 1. The van der Waals surface area contributed by atoms with E-state index in [9.17, 15) is 0 Å². The molecule has 4 nitrogen and oxygen atoms in total. The molecule has 0 unspecified atom stereocenters. The first-order chi connectivity index (χ1) is 12.0. The lowest BCUT2D eigenvalue weighted by Gasteiger charge is -2.13. The van der Waals surface area contributed by atoms with Gasteiger partial charge in [0.05, 0.1) is 10.0 Å². The standard InChI is InChI=1S/C19H18Cl2N2O2/c1-11-19(23-12(2)24-11)13-4-7-18(14(8-13)10-22-3)25-15-5-6-16(20)17(21)9-15/h4-9,22H,10H2,1-3H3. The van der Waals surface area contributed by atoms with Gasteiger partial charge in [-0.1, -0.05) is 23.2 Å². The fraction of sp³-hybridized carbons (Fsp3) is 0.211. The SMILES string of the molecule is CNCc1cc(-c2nc(C)oc2C)ccc1Oc1ccc(Cl)c(Cl)c1. The highest BCUT2D eigenvalue weighted by Gasteiger charge is 2.13.